The molecular weight excluding hydrogens is 320 g/mol. The summed E-state index contributed by atoms with van der Waals surface area (Å²) in [4.78, 5) is 4.83. The van der Waals surface area contributed by atoms with Crippen LogP contribution in [0.1, 0.15) is 30.7 Å². The van der Waals surface area contributed by atoms with Gasteiger partial charge in [0.05, 0.1) is 17.1 Å². The van der Waals surface area contributed by atoms with Gasteiger partial charge < -0.3 is 10.1 Å². The second-order valence-corrected chi connectivity index (χ2v) is 7.83. The number of sulfone groups is 1. The minimum atomic E-state index is -3.19. The SMILES string of the molecule is CCO[C@H](C)c1nc(CNc2cccc(S(C)(=O)=O)c2)cs1. The van der Waals surface area contributed by atoms with Gasteiger partial charge in [-0.3, -0.25) is 0 Å². The smallest absolute Gasteiger partial charge is 0.175 e. The van der Waals surface area contributed by atoms with Crippen molar-refractivity contribution in [3.05, 3.63) is 40.3 Å². The van der Waals surface area contributed by atoms with Crippen LogP contribution in [0.4, 0.5) is 5.69 Å². The van der Waals surface area contributed by atoms with E-state index in [1.807, 2.05) is 25.3 Å². The number of hydrogen-bond acceptors (Lipinski definition) is 6. The van der Waals surface area contributed by atoms with E-state index in [1.54, 1.807) is 29.5 Å². The van der Waals surface area contributed by atoms with Crippen molar-refractivity contribution in [2.75, 3.05) is 18.2 Å². The lowest BCUT2D eigenvalue weighted by molar-refractivity contribution is 0.0761. The molecule has 1 heterocycles. The van der Waals surface area contributed by atoms with E-state index in [-0.39, 0.29) is 6.10 Å². The van der Waals surface area contributed by atoms with E-state index in [1.165, 1.54) is 6.26 Å². The van der Waals surface area contributed by atoms with E-state index in [0.717, 1.165) is 16.4 Å². The van der Waals surface area contributed by atoms with Gasteiger partial charge in [0.15, 0.2) is 9.84 Å². The molecule has 0 radical (unpaired) electrons. The lowest BCUT2D eigenvalue weighted by atomic mass is 10.3. The fourth-order valence-corrected chi connectivity index (χ4v) is 3.43. The Kier molecular flexibility index (Phi) is 5.55. The Labute approximate surface area is 135 Å². The van der Waals surface area contributed by atoms with E-state index >= 15 is 0 Å². The molecule has 0 aliphatic carbocycles. The molecule has 1 aromatic heterocycles. The highest BCUT2D eigenvalue weighted by molar-refractivity contribution is 7.90. The molecule has 0 aliphatic heterocycles. The summed E-state index contributed by atoms with van der Waals surface area (Å²) in [5.41, 5.74) is 1.67. The maximum absolute atomic E-state index is 11.5. The standard InChI is InChI=1S/C15H20N2O3S2/c1-4-20-11(2)15-17-13(10-21-15)9-16-12-6-5-7-14(8-12)22(3,18)19/h5-8,10-11,16H,4,9H2,1-3H3/t11-/m1/s1. The average Bonchev–Trinajstić information content (AvgIpc) is 2.94. The van der Waals surface area contributed by atoms with Crippen LogP contribution in [0.15, 0.2) is 34.5 Å². The monoisotopic (exact) mass is 340 g/mol. The molecular formula is C15H20N2O3S2. The van der Waals surface area contributed by atoms with E-state index in [4.69, 9.17) is 4.74 Å². The number of anilines is 1. The molecule has 0 amide bonds. The van der Waals surface area contributed by atoms with Gasteiger partial charge in [0.1, 0.15) is 11.1 Å². The molecule has 0 saturated carbocycles. The molecule has 1 atom stereocenters. The summed E-state index contributed by atoms with van der Waals surface area (Å²) in [6, 6.07) is 6.78. The van der Waals surface area contributed by atoms with Crippen molar-refractivity contribution in [2.24, 2.45) is 0 Å². The van der Waals surface area contributed by atoms with Crippen molar-refractivity contribution in [1.29, 1.82) is 0 Å². The van der Waals surface area contributed by atoms with Crippen LogP contribution >= 0.6 is 11.3 Å². The van der Waals surface area contributed by atoms with Gasteiger partial charge in [-0.15, -0.1) is 11.3 Å². The van der Waals surface area contributed by atoms with Gasteiger partial charge in [0.2, 0.25) is 0 Å². The molecule has 2 aromatic rings. The Morgan fingerprint density at radius 2 is 2.18 bits per heavy atom. The predicted molar refractivity (Wildman–Crippen MR) is 89.0 cm³/mol. The molecule has 0 aliphatic rings. The summed E-state index contributed by atoms with van der Waals surface area (Å²) in [6.45, 7) is 5.14. The summed E-state index contributed by atoms with van der Waals surface area (Å²) < 4.78 is 28.6. The number of thiazole rings is 1. The van der Waals surface area contributed by atoms with Gasteiger partial charge in [0, 0.05) is 23.9 Å². The fourth-order valence-electron chi connectivity index (χ4n) is 1.94. The van der Waals surface area contributed by atoms with Crippen LogP contribution < -0.4 is 5.32 Å². The molecule has 22 heavy (non-hydrogen) atoms. The summed E-state index contributed by atoms with van der Waals surface area (Å²) >= 11 is 1.57. The number of benzene rings is 1. The normalized spacial score (nSPS) is 13.0. The lowest BCUT2D eigenvalue weighted by Gasteiger charge is -2.08. The Balaban J connectivity index is 2.02. The number of aromatic nitrogens is 1. The Morgan fingerprint density at radius 3 is 2.86 bits per heavy atom. The van der Waals surface area contributed by atoms with Crippen molar-refractivity contribution in [2.45, 2.75) is 31.4 Å². The maximum atomic E-state index is 11.5. The summed E-state index contributed by atoms with van der Waals surface area (Å²) in [6.07, 6.45) is 1.20. The van der Waals surface area contributed by atoms with E-state index < -0.39 is 9.84 Å². The zero-order valence-corrected chi connectivity index (χ0v) is 14.5. The van der Waals surface area contributed by atoms with E-state index in [2.05, 4.69) is 10.3 Å². The number of hydrogen-bond donors (Lipinski definition) is 1. The van der Waals surface area contributed by atoms with Gasteiger partial charge >= 0.3 is 0 Å². The first-order valence-electron chi connectivity index (χ1n) is 7.00. The topological polar surface area (TPSA) is 68.3 Å². The molecule has 0 spiro atoms. The molecule has 0 bridgehead atoms. The van der Waals surface area contributed by atoms with Crippen molar-refractivity contribution < 1.29 is 13.2 Å². The quantitative estimate of drug-likeness (QED) is 0.838. The third-order valence-corrected chi connectivity index (χ3v) is 5.23. The lowest BCUT2D eigenvalue weighted by Crippen LogP contribution is -2.03. The molecule has 2 rings (SSSR count). The predicted octanol–water partition coefficient (Wildman–Crippen LogP) is 3.26. The van der Waals surface area contributed by atoms with Gasteiger partial charge in [-0.25, -0.2) is 13.4 Å². The zero-order chi connectivity index (χ0) is 16.2. The largest absolute Gasteiger partial charge is 0.379 e. The number of ether oxygens (including phenoxy) is 1. The molecule has 5 nitrogen and oxygen atoms in total. The first-order chi connectivity index (χ1) is 10.4. The van der Waals surface area contributed by atoms with Crippen LogP contribution in [0, 0.1) is 0 Å². The van der Waals surface area contributed by atoms with E-state index in [0.29, 0.717) is 18.0 Å². The summed E-state index contributed by atoms with van der Waals surface area (Å²) in [5, 5.41) is 6.13. The van der Waals surface area contributed by atoms with Crippen LogP contribution in [0.25, 0.3) is 0 Å². The first kappa shape index (κ1) is 16.9. The molecule has 0 unspecified atom stereocenters. The second kappa shape index (κ2) is 7.21. The van der Waals surface area contributed by atoms with Crippen LogP contribution in [-0.4, -0.2) is 26.3 Å². The zero-order valence-electron chi connectivity index (χ0n) is 12.9. The van der Waals surface area contributed by atoms with Gasteiger partial charge in [-0.1, -0.05) is 6.07 Å². The van der Waals surface area contributed by atoms with Crippen molar-refractivity contribution in [1.82, 2.24) is 4.98 Å². The number of nitrogens with zero attached hydrogens (tertiary/aromatic N) is 1. The van der Waals surface area contributed by atoms with Gasteiger partial charge in [0.25, 0.3) is 0 Å². The molecule has 0 saturated heterocycles. The minimum Gasteiger partial charge on any atom is -0.379 e. The van der Waals surface area contributed by atoms with Crippen LogP contribution in [0.3, 0.4) is 0 Å². The summed E-state index contributed by atoms with van der Waals surface area (Å²) in [5.74, 6) is 0. The highest BCUT2D eigenvalue weighted by atomic mass is 32.2. The number of rotatable bonds is 7. The minimum absolute atomic E-state index is 0.00249. The fraction of sp³-hybridized carbons (Fsp3) is 0.400. The van der Waals surface area contributed by atoms with Crippen molar-refractivity contribution in [3.8, 4) is 0 Å². The maximum Gasteiger partial charge on any atom is 0.175 e. The first-order valence-corrected chi connectivity index (χ1v) is 9.77. The number of nitrogens with one attached hydrogen (secondary N) is 1. The molecule has 1 aromatic carbocycles. The average molecular weight is 340 g/mol. The van der Waals surface area contributed by atoms with Gasteiger partial charge in [-0.2, -0.15) is 0 Å². The Hall–Kier alpha value is -1.44. The molecule has 1 N–H and O–H groups in total. The van der Waals surface area contributed by atoms with Crippen LogP contribution in [-0.2, 0) is 21.1 Å². The third kappa shape index (κ3) is 4.53. The molecule has 7 heteroatoms. The Bertz CT molecular complexity index is 726. The van der Waals surface area contributed by atoms with Crippen molar-refractivity contribution >= 4 is 26.9 Å². The third-order valence-electron chi connectivity index (χ3n) is 3.07. The van der Waals surface area contributed by atoms with Crippen LogP contribution in [0.2, 0.25) is 0 Å². The highest BCUT2D eigenvalue weighted by Crippen LogP contribution is 2.22. The summed E-state index contributed by atoms with van der Waals surface area (Å²) in [7, 11) is -3.19. The Morgan fingerprint density at radius 1 is 1.41 bits per heavy atom. The second-order valence-electron chi connectivity index (χ2n) is 4.93. The van der Waals surface area contributed by atoms with Gasteiger partial charge in [-0.05, 0) is 32.0 Å². The van der Waals surface area contributed by atoms with Crippen molar-refractivity contribution in [3.63, 3.8) is 0 Å². The van der Waals surface area contributed by atoms with E-state index in [9.17, 15) is 8.42 Å². The van der Waals surface area contributed by atoms with Crippen LogP contribution in [0.5, 0.6) is 0 Å². The molecule has 120 valence electrons. The molecule has 0 fully saturated rings. The highest BCUT2D eigenvalue weighted by Gasteiger charge is 2.11.